The minimum Gasteiger partial charge on any atom is -0.497 e. The molecule has 3 aromatic rings. The van der Waals surface area contributed by atoms with Crippen molar-refractivity contribution < 1.29 is 14.3 Å². The smallest absolute Gasteiger partial charge is 0.230 e. The van der Waals surface area contributed by atoms with Gasteiger partial charge in [0.25, 0.3) is 0 Å². The van der Waals surface area contributed by atoms with Crippen molar-refractivity contribution in [2.75, 3.05) is 12.0 Å². The first-order chi connectivity index (χ1) is 13.6. The van der Waals surface area contributed by atoms with Crippen molar-refractivity contribution in [3.63, 3.8) is 0 Å². The third kappa shape index (κ3) is 3.34. The minimum atomic E-state index is -0.147. The maximum atomic E-state index is 12.6. The first kappa shape index (κ1) is 18.1. The van der Waals surface area contributed by atoms with Crippen LogP contribution in [0.5, 0.6) is 5.75 Å². The Balaban J connectivity index is 1.65. The second kappa shape index (κ2) is 7.40. The monoisotopic (exact) mass is 390 g/mol. The number of aromatic nitrogens is 1. The van der Waals surface area contributed by atoms with Gasteiger partial charge in [-0.3, -0.25) is 14.5 Å². The van der Waals surface area contributed by atoms with E-state index >= 15 is 0 Å². The number of thiazole rings is 1. The van der Waals surface area contributed by atoms with Gasteiger partial charge in [0.1, 0.15) is 5.75 Å². The van der Waals surface area contributed by atoms with E-state index < -0.39 is 0 Å². The molecule has 140 valence electrons. The highest BCUT2D eigenvalue weighted by molar-refractivity contribution is 7.14. The van der Waals surface area contributed by atoms with Gasteiger partial charge in [-0.15, -0.1) is 11.3 Å². The van der Waals surface area contributed by atoms with Crippen molar-refractivity contribution in [3.05, 3.63) is 76.3 Å². The average molecular weight is 390 g/mol. The number of benzene rings is 2. The summed E-state index contributed by atoms with van der Waals surface area (Å²) in [5.74, 6) is 0.560. The molecule has 0 N–H and O–H groups in total. The number of fused-ring (bicyclic) bond motifs is 1. The van der Waals surface area contributed by atoms with Gasteiger partial charge < -0.3 is 4.74 Å². The maximum Gasteiger partial charge on any atom is 0.230 e. The van der Waals surface area contributed by atoms with Gasteiger partial charge in [-0.25, -0.2) is 4.98 Å². The van der Waals surface area contributed by atoms with Crippen LogP contribution >= 0.6 is 11.3 Å². The average Bonchev–Trinajstić information content (AvgIpc) is 3.27. The summed E-state index contributed by atoms with van der Waals surface area (Å²) in [6, 6.07) is 14.9. The van der Waals surface area contributed by atoms with Crippen molar-refractivity contribution in [3.8, 4) is 5.75 Å². The van der Waals surface area contributed by atoms with E-state index in [0.717, 1.165) is 11.1 Å². The number of amides is 1. The Kier molecular flexibility index (Phi) is 4.79. The molecule has 1 aliphatic carbocycles. The molecular weight excluding hydrogens is 372 g/mol. The summed E-state index contributed by atoms with van der Waals surface area (Å²) in [6.45, 7) is 1.50. The van der Waals surface area contributed by atoms with E-state index in [1.807, 2.05) is 53.9 Å². The van der Waals surface area contributed by atoms with Crippen LogP contribution in [0.1, 0.15) is 28.5 Å². The van der Waals surface area contributed by atoms with Crippen LogP contribution in [0.25, 0.3) is 6.08 Å². The Morgan fingerprint density at radius 1 is 1.21 bits per heavy atom. The van der Waals surface area contributed by atoms with Gasteiger partial charge in [-0.05, 0) is 23.8 Å². The molecule has 5 nitrogen and oxygen atoms in total. The number of ketones is 1. The molecule has 2 aromatic carbocycles. The fourth-order valence-corrected chi connectivity index (χ4v) is 4.12. The predicted molar refractivity (Wildman–Crippen MR) is 110 cm³/mol. The lowest BCUT2D eigenvalue weighted by molar-refractivity contribution is -0.115. The Labute approximate surface area is 166 Å². The van der Waals surface area contributed by atoms with Crippen LogP contribution in [-0.4, -0.2) is 23.8 Å². The summed E-state index contributed by atoms with van der Waals surface area (Å²) in [6.07, 6.45) is 2.42. The fraction of sp³-hybridized carbons (Fsp3) is 0.136. The predicted octanol–water partition coefficient (Wildman–Crippen LogP) is 4.66. The van der Waals surface area contributed by atoms with Crippen molar-refractivity contribution in [2.24, 2.45) is 0 Å². The molecule has 0 fully saturated rings. The highest BCUT2D eigenvalue weighted by atomic mass is 32.1. The van der Waals surface area contributed by atoms with E-state index in [0.29, 0.717) is 34.3 Å². The zero-order chi connectivity index (χ0) is 19.7. The molecule has 0 bridgehead atoms. The first-order valence-electron chi connectivity index (χ1n) is 8.80. The number of hydrogen-bond acceptors (Lipinski definition) is 5. The van der Waals surface area contributed by atoms with Crippen LogP contribution in [-0.2, 0) is 11.2 Å². The Morgan fingerprint density at radius 3 is 2.79 bits per heavy atom. The largest absolute Gasteiger partial charge is 0.497 e. The zero-order valence-electron chi connectivity index (χ0n) is 15.5. The van der Waals surface area contributed by atoms with Crippen LogP contribution in [0.15, 0.2) is 59.5 Å². The van der Waals surface area contributed by atoms with Gasteiger partial charge in [0.2, 0.25) is 5.91 Å². The van der Waals surface area contributed by atoms with E-state index in [2.05, 4.69) is 4.98 Å². The third-order valence-corrected chi connectivity index (χ3v) is 5.43. The summed E-state index contributed by atoms with van der Waals surface area (Å²) in [5, 5.41) is 2.41. The Morgan fingerprint density at radius 2 is 2.04 bits per heavy atom. The molecule has 0 saturated carbocycles. The van der Waals surface area contributed by atoms with E-state index in [-0.39, 0.29) is 11.7 Å². The normalized spacial score (nSPS) is 14.2. The number of rotatable bonds is 4. The van der Waals surface area contributed by atoms with Crippen molar-refractivity contribution in [2.45, 2.75) is 13.3 Å². The number of Topliss-reactive ketones (excluding diaryl/α,β-unsaturated/α-hetero) is 1. The highest BCUT2D eigenvalue weighted by Gasteiger charge is 2.25. The Hall–Kier alpha value is -3.25. The summed E-state index contributed by atoms with van der Waals surface area (Å²) in [4.78, 5) is 31.0. The quantitative estimate of drug-likeness (QED) is 0.608. The minimum absolute atomic E-state index is 0.0429. The SMILES string of the molecule is COc1cccc(N(C(C)=O)c2nc(/C=C3\Cc4ccccc4C3=O)cs2)c1. The van der Waals surface area contributed by atoms with E-state index in [9.17, 15) is 9.59 Å². The van der Waals surface area contributed by atoms with Gasteiger partial charge in [0, 0.05) is 35.9 Å². The number of carbonyl (C=O) groups is 2. The number of nitrogens with zero attached hydrogens (tertiary/aromatic N) is 2. The summed E-state index contributed by atoms with van der Waals surface area (Å²) >= 11 is 1.36. The molecule has 0 spiro atoms. The highest BCUT2D eigenvalue weighted by Crippen LogP contribution is 2.33. The lowest BCUT2D eigenvalue weighted by Gasteiger charge is -2.18. The number of ether oxygens (including phenoxy) is 1. The molecule has 0 unspecified atom stereocenters. The second-order valence-corrected chi connectivity index (χ2v) is 7.28. The molecule has 0 aliphatic heterocycles. The lowest BCUT2D eigenvalue weighted by atomic mass is 10.1. The van der Waals surface area contributed by atoms with Crippen LogP contribution in [0.2, 0.25) is 0 Å². The number of hydrogen-bond donors (Lipinski definition) is 0. The topological polar surface area (TPSA) is 59.5 Å². The van der Waals surface area contributed by atoms with E-state index in [1.165, 1.54) is 18.3 Å². The summed E-state index contributed by atoms with van der Waals surface area (Å²) in [5.41, 5.74) is 3.87. The number of carbonyl (C=O) groups excluding carboxylic acids is 2. The van der Waals surface area contributed by atoms with Gasteiger partial charge in [0.05, 0.1) is 18.5 Å². The van der Waals surface area contributed by atoms with Crippen LogP contribution in [0.4, 0.5) is 10.8 Å². The maximum absolute atomic E-state index is 12.6. The Bertz CT molecular complexity index is 1100. The molecule has 0 saturated heterocycles. The lowest BCUT2D eigenvalue weighted by Crippen LogP contribution is -2.22. The van der Waals surface area contributed by atoms with Crippen LogP contribution < -0.4 is 9.64 Å². The molecule has 0 radical (unpaired) electrons. The fourth-order valence-electron chi connectivity index (χ4n) is 3.27. The molecule has 4 rings (SSSR count). The molecule has 1 aliphatic rings. The summed E-state index contributed by atoms with van der Waals surface area (Å²) in [7, 11) is 1.58. The number of allylic oxidation sites excluding steroid dienone is 1. The molecule has 0 atom stereocenters. The molecule has 1 heterocycles. The molecule has 28 heavy (non-hydrogen) atoms. The zero-order valence-corrected chi connectivity index (χ0v) is 16.3. The van der Waals surface area contributed by atoms with E-state index in [4.69, 9.17) is 4.74 Å². The standard InChI is InChI=1S/C22H18N2O3S/c1-14(25)24(18-7-5-8-19(12-18)27-2)22-23-17(13-28-22)11-16-10-15-6-3-4-9-20(15)21(16)26/h3-9,11-13H,10H2,1-2H3/b16-11+. The summed E-state index contributed by atoms with van der Waals surface area (Å²) < 4.78 is 5.26. The number of anilines is 2. The molecule has 1 amide bonds. The van der Waals surface area contributed by atoms with Gasteiger partial charge in [-0.2, -0.15) is 0 Å². The van der Waals surface area contributed by atoms with Crippen molar-refractivity contribution in [1.29, 1.82) is 0 Å². The van der Waals surface area contributed by atoms with Gasteiger partial charge >= 0.3 is 0 Å². The van der Waals surface area contributed by atoms with E-state index in [1.54, 1.807) is 18.1 Å². The molecule has 6 heteroatoms. The van der Waals surface area contributed by atoms with Crippen LogP contribution in [0.3, 0.4) is 0 Å². The molecular formula is C22H18N2O3S. The third-order valence-electron chi connectivity index (χ3n) is 4.58. The number of methoxy groups -OCH3 is 1. The van der Waals surface area contributed by atoms with Crippen molar-refractivity contribution in [1.82, 2.24) is 4.98 Å². The van der Waals surface area contributed by atoms with Gasteiger partial charge in [-0.1, -0.05) is 30.3 Å². The molecule has 1 aromatic heterocycles. The van der Waals surface area contributed by atoms with Crippen LogP contribution in [0, 0.1) is 0 Å². The van der Waals surface area contributed by atoms with Gasteiger partial charge in [0.15, 0.2) is 10.9 Å². The second-order valence-electron chi connectivity index (χ2n) is 6.44. The van der Waals surface area contributed by atoms with Crippen molar-refractivity contribution >= 4 is 39.9 Å². The first-order valence-corrected chi connectivity index (χ1v) is 9.68.